The molecule has 1 aliphatic rings. The topological polar surface area (TPSA) is 64.0 Å². The Labute approximate surface area is 111 Å². The summed E-state index contributed by atoms with van der Waals surface area (Å²) in [5, 5.41) is 0. The molecule has 0 unspecified atom stereocenters. The third-order valence-electron chi connectivity index (χ3n) is 3.03. The molecule has 6 nitrogen and oxygen atoms in total. The van der Waals surface area contributed by atoms with E-state index in [-0.39, 0.29) is 6.10 Å². The molecule has 2 aromatic rings. The lowest BCUT2D eigenvalue weighted by molar-refractivity contribution is 0.0363. The Bertz CT molecular complexity index is 548. The van der Waals surface area contributed by atoms with Gasteiger partial charge in [0, 0.05) is 25.1 Å². The molecule has 1 atom stereocenters. The van der Waals surface area contributed by atoms with Crippen molar-refractivity contribution < 1.29 is 4.74 Å². The molecular formula is C13H15N5O. The fourth-order valence-electron chi connectivity index (χ4n) is 2.12. The predicted octanol–water partition coefficient (Wildman–Crippen LogP) is 1.15. The molecule has 6 heteroatoms. The summed E-state index contributed by atoms with van der Waals surface area (Å²) in [5.74, 6) is 1.50. The minimum absolute atomic E-state index is 0.0562. The van der Waals surface area contributed by atoms with Crippen LogP contribution in [0.1, 0.15) is 17.6 Å². The van der Waals surface area contributed by atoms with Gasteiger partial charge in [0.25, 0.3) is 0 Å². The number of hydrogen-bond donors (Lipinski definition) is 0. The molecule has 2 aromatic heterocycles. The molecule has 0 bridgehead atoms. The molecule has 0 aliphatic carbocycles. The van der Waals surface area contributed by atoms with Crippen molar-refractivity contribution in [2.45, 2.75) is 13.0 Å². The summed E-state index contributed by atoms with van der Waals surface area (Å²) in [7, 11) is 0. The van der Waals surface area contributed by atoms with Crippen molar-refractivity contribution in [3.05, 3.63) is 42.2 Å². The van der Waals surface area contributed by atoms with Crippen LogP contribution < -0.4 is 4.90 Å². The lowest BCUT2D eigenvalue weighted by Crippen LogP contribution is -2.39. The van der Waals surface area contributed by atoms with Crippen molar-refractivity contribution in [2.24, 2.45) is 0 Å². The van der Waals surface area contributed by atoms with Crippen molar-refractivity contribution >= 4 is 5.95 Å². The van der Waals surface area contributed by atoms with Crippen molar-refractivity contribution in [2.75, 3.05) is 24.6 Å². The first-order valence-corrected chi connectivity index (χ1v) is 6.26. The Morgan fingerprint density at radius 1 is 1.21 bits per heavy atom. The molecule has 0 spiro atoms. The largest absolute Gasteiger partial charge is 0.368 e. The van der Waals surface area contributed by atoms with Crippen molar-refractivity contribution in [3.63, 3.8) is 0 Å². The molecule has 3 heterocycles. The summed E-state index contributed by atoms with van der Waals surface area (Å²) >= 11 is 0. The van der Waals surface area contributed by atoms with Crippen molar-refractivity contribution in [1.29, 1.82) is 0 Å². The number of anilines is 1. The van der Waals surface area contributed by atoms with Gasteiger partial charge >= 0.3 is 0 Å². The van der Waals surface area contributed by atoms with Gasteiger partial charge in [-0.05, 0) is 19.1 Å². The average Bonchev–Trinajstić information content (AvgIpc) is 2.48. The van der Waals surface area contributed by atoms with Gasteiger partial charge in [0.15, 0.2) is 0 Å². The van der Waals surface area contributed by atoms with E-state index in [0.717, 1.165) is 24.0 Å². The second-order valence-corrected chi connectivity index (χ2v) is 4.38. The molecule has 0 saturated carbocycles. The smallest absolute Gasteiger partial charge is 0.225 e. The van der Waals surface area contributed by atoms with Gasteiger partial charge in [-0.1, -0.05) is 0 Å². The number of rotatable bonds is 2. The number of aryl methyl sites for hydroxylation is 1. The lowest BCUT2D eigenvalue weighted by Gasteiger charge is -2.32. The minimum atomic E-state index is -0.0562. The van der Waals surface area contributed by atoms with Crippen LogP contribution in [-0.2, 0) is 4.74 Å². The minimum Gasteiger partial charge on any atom is -0.368 e. The molecule has 3 rings (SSSR count). The zero-order valence-corrected chi connectivity index (χ0v) is 10.7. The summed E-state index contributed by atoms with van der Waals surface area (Å²) < 4.78 is 5.78. The van der Waals surface area contributed by atoms with E-state index in [9.17, 15) is 0 Å². The molecule has 0 N–H and O–H groups in total. The highest BCUT2D eigenvalue weighted by Gasteiger charge is 2.24. The first-order valence-electron chi connectivity index (χ1n) is 6.26. The van der Waals surface area contributed by atoms with Crippen LogP contribution in [0.3, 0.4) is 0 Å². The third-order valence-corrected chi connectivity index (χ3v) is 3.03. The predicted molar refractivity (Wildman–Crippen MR) is 69.7 cm³/mol. The van der Waals surface area contributed by atoms with Crippen LogP contribution in [0.2, 0.25) is 0 Å². The summed E-state index contributed by atoms with van der Waals surface area (Å²) in [5.41, 5.74) is 0.910. The first kappa shape index (κ1) is 12.0. The lowest BCUT2D eigenvalue weighted by atomic mass is 10.2. The van der Waals surface area contributed by atoms with Crippen LogP contribution in [-0.4, -0.2) is 39.6 Å². The van der Waals surface area contributed by atoms with E-state index in [2.05, 4.69) is 24.8 Å². The summed E-state index contributed by atoms with van der Waals surface area (Å²) in [4.78, 5) is 19.2. The maximum absolute atomic E-state index is 5.78. The van der Waals surface area contributed by atoms with E-state index in [0.29, 0.717) is 13.2 Å². The zero-order valence-electron chi connectivity index (χ0n) is 10.7. The second-order valence-electron chi connectivity index (χ2n) is 4.38. The first-order chi connectivity index (χ1) is 9.33. The molecule has 19 heavy (non-hydrogen) atoms. The monoisotopic (exact) mass is 257 g/mol. The van der Waals surface area contributed by atoms with Crippen molar-refractivity contribution in [1.82, 2.24) is 19.9 Å². The van der Waals surface area contributed by atoms with E-state index in [1.54, 1.807) is 18.6 Å². The van der Waals surface area contributed by atoms with Crippen LogP contribution in [0.25, 0.3) is 0 Å². The highest BCUT2D eigenvalue weighted by Crippen LogP contribution is 2.22. The van der Waals surface area contributed by atoms with E-state index < -0.39 is 0 Å². The van der Waals surface area contributed by atoms with Gasteiger partial charge in [0.2, 0.25) is 5.95 Å². The number of ether oxygens (including phenoxy) is 1. The van der Waals surface area contributed by atoms with Crippen molar-refractivity contribution in [3.8, 4) is 0 Å². The third kappa shape index (κ3) is 2.68. The summed E-state index contributed by atoms with van der Waals surface area (Å²) in [6.45, 7) is 4.03. The molecule has 1 fully saturated rings. The van der Waals surface area contributed by atoms with Crippen LogP contribution >= 0.6 is 0 Å². The van der Waals surface area contributed by atoms with Gasteiger partial charge in [-0.25, -0.2) is 19.9 Å². The summed E-state index contributed by atoms with van der Waals surface area (Å²) in [6.07, 6.45) is 5.21. The highest BCUT2D eigenvalue weighted by molar-refractivity contribution is 5.30. The Morgan fingerprint density at radius 3 is 2.84 bits per heavy atom. The summed E-state index contributed by atoms with van der Waals surface area (Å²) in [6, 6.07) is 3.71. The maximum atomic E-state index is 5.78. The van der Waals surface area contributed by atoms with Gasteiger partial charge in [0.1, 0.15) is 11.9 Å². The van der Waals surface area contributed by atoms with Crippen LogP contribution in [0.5, 0.6) is 0 Å². The maximum Gasteiger partial charge on any atom is 0.225 e. The highest BCUT2D eigenvalue weighted by atomic mass is 16.5. The van der Waals surface area contributed by atoms with Crippen LogP contribution in [0.4, 0.5) is 5.95 Å². The number of nitrogens with zero attached hydrogens (tertiary/aromatic N) is 5. The molecular weight excluding hydrogens is 242 g/mol. The normalized spacial score (nSPS) is 19.4. The molecule has 0 aromatic carbocycles. The number of morpholine rings is 1. The Morgan fingerprint density at radius 2 is 2.05 bits per heavy atom. The van der Waals surface area contributed by atoms with Gasteiger partial charge in [-0.3, -0.25) is 0 Å². The van der Waals surface area contributed by atoms with E-state index in [4.69, 9.17) is 4.74 Å². The van der Waals surface area contributed by atoms with Gasteiger partial charge in [0.05, 0.1) is 18.8 Å². The fraction of sp³-hybridized carbons (Fsp3) is 0.385. The van der Waals surface area contributed by atoms with Crippen LogP contribution in [0, 0.1) is 6.92 Å². The Kier molecular flexibility index (Phi) is 3.33. The van der Waals surface area contributed by atoms with E-state index in [1.165, 1.54) is 0 Å². The van der Waals surface area contributed by atoms with Crippen LogP contribution in [0.15, 0.2) is 30.7 Å². The number of aromatic nitrogens is 4. The zero-order chi connectivity index (χ0) is 13.1. The molecule has 1 saturated heterocycles. The standard InChI is InChI=1S/C13H15N5O/c1-10-14-6-3-11(17-10)12-9-18(7-8-19-12)13-15-4-2-5-16-13/h2-6,12H,7-9H2,1H3/t12-/m0/s1. The quantitative estimate of drug-likeness (QED) is 0.804. The molecule has 1 aliphatic heterocycles. The molecule has 0 radical (unpaired) electrons. The molecule has 0 amide bonds. The van der Waals surface area contributed by atoms with Gasteiger partial charge in [-0.15, -0.1) is 0 Å². The number of hydrogen-bond acceptors (Lipinski definition) is 6. The Hall–Kier alpha value is -2.08. The second kappa shape index (κ2) is 5.27. The van der Waals surface area contributed by atoms with Gasteiger partial charge < -0.3 is 9.64 Å². The van der Waals surface area contributed by atoms with Gasteiger partial charge in [-0.2, -0.15) is 0 Å². The fourth-order valence-corrected chi connectivity index (χ4v) is 2.12. The average molecular weight is 257 g/mol. The SMILES string of the molecule is Cc1nccc([C@@H]2CN(c3ncccn3)CCO2)n1. The van der Waals surface area contributed by atoms with E-state index in [1.807, 2.05) is 19.1 Å². The Balaban J connectivity index is 1.78. The molecule has 98 valence electrons. The van der Waals surface area contributed by atoms with E-state index >= 15 is 0 Å².